The first-order valence-corrected chi connectivity index (χ1v) is 10.5. The summed E-state index contributed by atoms with van der Waals surface area (Å²) in [6.45, 7) is 1.82. The van der Waals surface area contributed by atoms with Gasteiger partial charge in [-0.2, -0.15) is 5.26 Å². The molecule has 0 fully saturated rings. The van der Waals surface area contributed by atoms with Crippen molar-refractivity contribution < 1.29 is 8.42 Å². The first-order chi connectivity index (χ1) is 11.7. The van der Waals surface area contributed by atoms with E-state index in [9.17, 15) is 8.42 Å². The molecule has 0 radical (unpaired) electrons. The van der Waals surface area contributed by atoms with Gasteiger partial charge in [-0.05, 0) is 42.0 Å². The number of rotatable bonds is 2. The topological polar surface area (TPSA) is 99.5 Å². The van der Waals surface area contributed by atoms with Crippen molar-refractivity contribution in [2.45, 2.75) is 24.1 Å². The maximum absolute atomic E-state index is 12.3. The zero-order chi connectivity index (χ0) is 18.4. The lowest BCUT2D eigenvalue weighted by molar-refractivity contribution is 0.454. The summed E-state index contributed by atoms with van der Waals surface area (Å²) in [6.07, 6.45) is 0.643. The Balaban J connectivity index is 1.87. The standard InChI is InChI=1S/C16H17ClN4O2S2/c1-16(9-25(22,23)21(2)15(19)20-16)14-6-12(8-24-14)10-3-4-13(17)11(5-10)7-18/h3-5,8,14H,6,9H2,1-2H3,(H2,19,20)/t14?,16-/m0/s1. The highest BCUT2D eigenvalue weighted by Gasteiger charge is 2.45. The number of aliphatic imine (C=N–C) groups is 1. The summed E-state index contributed by atoms with van der Waals surface area (Å²) < 4.78 is 25.7. The van der Waals surface area contributed by atoms with Crippen molar-refractivity contribution in [3.8, 4) is 6.07 Å². The molecule has 1 aromatic carbocycles. The van der Waals surface area contributed by atoms with Gasteiger partial charge in [0.1, 0.15) is 6.07 Å². The van der Waals surface area contributed by atoms with E-state index in [0.717, 1.165) is 15.4 Å². The molecule has 132 valence electrons. The first-order valence-electron chi connectivity index (χ1n) is 7.53. The Morgan fingerprint density at radius 2 is 2.24 bits per heavy atom. The molecule has 2 aliphatic heterocycles. The third kappa shape index (κ3) is 3.24. The average Bonchev–Trinajstić information content (AvgIpc) is 3.03. The molecule has 0 spiro atoms. The third-order valence-corrected chi connectivity index (χ3v) is 8.24. The highest BCUT2D eigenvalue weighted by Crippen LogP contribution is 2.44. The van der Waals surface area contributed by atoms with E-state index in [1.165, 1.54) is 7.05 Å². The van der Waals surface area contributed by atoms with Gasteiger partial charge in [0.05, 0.1) is 21.9 Å². The first kappa shape index (κ1) is 18.1. The number of halogens is 1. The van der Waals surface area contributed by atoms with Gasteiger partial charge in [0.2, 0.25) is 16.0 Å². The van der Waals surface area contributed by atoms with E-state index in [1.54, 1.807) is 23.9 Å². The molecule has 2 N–H and O–H groups in total. The van der Waals surface area contributed by atoms with Crippen LogP contribution in [0.25, 0.3) is 5.57 Å². The number of thioether (sulfide) groups is 1. The van der Waals surface area contributed by atoms with Crippen LogP contribution in [0.2, 0.25) is 5.02 Å². The van der Waals surface area contributed by atoms with Gasteiger partial charge < -0.3 is 5.73 Å². The molecule has 0 aliphatic carbocycles. The minimum Gasteiger partial charge on any atom is -0.369 e. The highest BCUT2D eigenvalue weighted by molar-refractivity contribution is 8.03. The fourth-order valence-corrected chi connectivity index (χ4v) is 6.02. The van der Waals surface area contributed by atoms with Crippen molar-refractivity contribution in [2.24, 2.45) is 10.7 Å². The summed E-state index contributed by atoms with van der Waals surface area (Å²) in [6, 6.07) is 7.39. The van der Waals surface area contributed by atoms with Crippen molar-refractivity contribution in [3.63, 3.8) is 0 Å². The van der Waals surface area contributed by atoms with E-state index in [2.05, 4.69) is 11.1 Å². The number of hydrogen-bond donors (Lipinski definition) is 1. The molecule has 2 aliphatic rings. The van der Waals surface area contributed by atoms with Crippen LogP contribution in [0.3, 0.4) is 0 Å². The van der Waals surface area contributed by atoms with Crippen molar-refractivity contribution in [1.82, 2.24) is 4.31 Å². The Labute approximate surface area is 156 Å². The van der Waals surface area contributed by atoms with Crippen LogP contribution in [-0.4, -0.2) is 42.3 Å². The molecule has 25 heavy (non-hydrogen) atoms. The largest absolute Gasteiger partial charge is 0.369 e. The van der Waals surface area contributed by atoms with E-state index in [1.807, 2.05) is 18.4 Å². The van der Waals surface area contributed by atoms with Gasteiger partial charge in [0.15, 0.2) is 0 Å². The number of allylic oxidation sites excluding steroid dienone is 1. The summed E-state index contributed by atoms with van der Waals surface area (Å²) in [5.41, 5.74) is 7.38. The van der Waals surface area contributed by atoms with E-state index in [4.69, 9.17) is 22.6 Å². The van der Waals surface area contributed by atoms with Gasteiger partial charge in [-0.25, -0.2) is 17.7 Å². The Morgan fingerprint density at radius 3 is 2.88 bits per heavy atom. The fourth-order valence-electron chi connectivity index (χ4n) is 2.96. The second-order valence-corrected chi connectivity index (χ2v) is 9.81. The molecule has 6 nitrogen and oxygen atoms in total. The van der Waals surface area contributed by atoms with E-state index < -0.39 is 15.6 Å². The molecule has 0 saturated heterocycles. The van der Waals surface area contributed by atoms with E-state index in [0.29, 0.717) is 17.0 Å². The van der Waals surface area contributed by atoms with Crippen LogP contribution in [-0.2, 0) is 10.0 Å². The fraction of sp³-hybridized carbons (Fsp3) is 0.375. The number of nitriles is 1. The molecule has 1 aromatic rings. The van der Waals surface area contributed by atoms with E-state index >= 15 is 0 Å². The van der Waals surface area contributed by atoms with Gasteiger partial charge in [0, 0.05) is 12.3 Å². The maximum atomic E-state index is 12.3. The third-order valence-electron chi connectivity index (χ3n) is 4.52. The van der Waals surface area contributed by atoms with Gasteiger partial charge in [-0.1, -0.05) is 17.7 Å². The number of sulfonamides is 1. The molecule has 9 heteroatoms. The zero-order valence-electron chi connectivity index (χ0n) is 13.7. The number of nitrogens with zero attached hydrogens (tertiary/aromatic N) is 3. The van der Waals surface area contributed by atoms with Crippen LogP contribution >= 0.6 is 23.4 Å². The molecule has 0 bridgehead atoms. The van der Waals surface area contributed by atoms with Crippen LogP contribution in [0.5, 0.6) is 0 Å². The van der Waals surface area contributed by atoms with Crippen LogP contribution in [0.4, 0.5) is 0 Å². The number of guanidine groups is 1. The summed E-state index contributed by atoms with van der Waals surface area (Å²) in [4.78, 5) is 4.46. The molecular formula is C16H17ClN4O2S2. The summed E-state index contributed by atoms with van der Waals surface area (Å²) >= 11 is 7.54. The van der Waals surface area contributed by atoms with Gasteiger partial charge in [-0.3, -0.25) is 0 Å². The van der Waals surface area contributed by atoms with Crippen LogP contribution in [0.1, 0.15) is 24.5 Å². The van der Waals surface area contributed by atoms with Gasteiger partial charge >= 0.3 is 0 Å². The lowest BCUT2D eigenvalue weighted by Crippen LogP contribution is -2.54. The minimum absolute atomic E-state index is 0.0149. The van der Waals surface area contributed by atoms with Gasteiger partial charge in [0.25, 0.3) is 0 Å². The molecule has 2 heterocycles. The predicted molar refractivity (Wildman–Crippen MR) is 102 cm³/mol. The maximum Gasteiger partial charge on any atom is 0.239 e. The van der Waals surface area contributed by atoms with Crippen LogP contribution in [0.15, 0.2) is 28.6 Å². The Bertz CT molecular complexity index is 936. The Morgan fingerprint density at radius 1 is 1.52 bits per heavy atom. The summed E-state index contributed by atoms with van der Waals surface area (Å²) in [5, 5.41) is 11.5. The monoisotopic (exact) mass is 396 g/mol. The predicted octanol–water partition coefficient (Wildman–Crippen LogP) is 2.41. The highest BCUT2D eigenvalue weighted by atomic mass is 35.5. The zero-order valence-corrected chi connectivity index (χ0v) is 16.1. The average molecular weight is 397 g/mol. The SMILES string of the molecule is CN1C(N)=N[C@](C)(C2CC(c3ccc(Cl)c(C#N)c3)=CS2)CS1(=O)=O. The number of benzene rings is 1. The quantitative estimate of drug-likeness (QED) is 0.827. The molecule has 3 rings (SSSR count). The lowest BCUT2D eigenvalue weighted by atomic mass is 9.92. The molecule has 0 amide bonds. The summed E-state index contributed by atoms with van der Waals surface area (Å²) in [7, 11) is -2.06. The smallest absolute Gasteiger partial charge is 0.239 e. The molecule has 1 unspecified atom stereocenters. The molecular weight excluding hydrogens is 380 g/mol. The number of hydrogen-bond acceptors (Lipinski definition) is 6. The Kier molecular flexibility index (Phi) is 4.52. The van der Waals surface area contributed by atoms with Crippen LogP contribution < -0.4 is 5.73 Å². The second-order valence-electron chi connectivity index (χ2n) is 6.33. The Hall–Kier alpha value is -1.69. The van der Waals surface area contributed by atoms with E-state index in [-0.39, 0.29) is 17.0 Å². The lowest BCUT2D eigenvalue weighted by Gasteiger charge is -2.37. The summed E-state index contributed by atoms with van der Waals surface area (Å²) in [5.74, 6) is -0.0684. The molecule has 0 aromatic heterocycles. The number of nitrogens with two attached hydrogens (primary N) is 1. The van der Waals surface area contributed by atoms with Crippen molar-refractivity contribution in [2.75, 3.05) is 12.8 Å². The van der Waals surface area contributed by atoms with Crippen LogP contribution in [0, 0.1) is 11.3 Å². The normalized spacial score (nSPS) is 28.2. The van der Waals surface area contributed by atoms with Gasteiger partial charge in [-0.15, -0.1) is 11.8 Å². The van der Waals surface area contributed by atoms with Crippen molar-refractivity contribution >= 4 is 44.9 Å². The molecule has 2 atom stereocenters. The van der Waals surface area contributed by atoms with Crippen molar-refractivity contribution in [1.29, 1.82) is 5.26 Å². The minimum atomic E-state index is -3.47. The second kappa shape index (κ2) is 6.24. The molecule has 0 saturated carbocycles. The van der Waals surface area contributed by atoms with Crippen molar-refractivity contribution in [3.05, 3.63) is 39.8 Å².